The molecule has 0 radical (unpaired) electrons. The minimum atomic E-state index is -3.19. The highest BCUT2D eigenvalue weighted by Gasteiger charge is 2.27. The minimum Gasteiger partial charge on any atom is -0.355 e. The number of nitrogens with zero attached hydrogens (tertiary/aromatic N) is 5. The maximum Gasteiger partial charge on any atom is 0.215 e. The number of sulfonamides is 1. The standard InChI is InChI=1S/C17H30N6O2S2.HI/c1-18-17(19-4-10-27(24,25)23-6-8-26-9-7-23)22-5-3-15(14-22)11-16-12-20-21(2)13-16;/h12-13,15H,3-11,14H2,1-2H3,(H,18,19);1H. The first-order chi connectivity index (χ1) is 13.0. The molecule has 2 aliphatic rings. The molecular weight excluding hydrogens is 511 g/mol. The summed E-state index contributed by atoms with van der Waals surface area (Å²) in [5.41, 5.74) is 1.26. The zero-order valence-corrected chi connectivity index (χ0v) is 20.5. The lowest BCUT2D eigenvalue weighted by Crippen LogP contribution is -2.45. The quantitative estimate of drug-likeness (QED) is 0.326. The van der Waals surface area contributed by atoms with Crippen LogP contribution in [-0.4, -0.2) is 90.4 Å². The van der Waals surface area contributed by atoms with E-state index < -0.39 is 10.0 Å². The summed E-state index contributed by atoms with van der Waals surface area (Å²) < 4.78 is 28.4. The highest BCUT2D eigenvalue weighted by Crippen LogP contribution is 2.20. The molecule has 1 unspecified atom stereocenters. The van der Waals surface area contributed by atoms with Gasteiger partial charge < -0.3 is 10.2 Å². The van der Waals surface area contributed by atoms with E-state index in [2.05, 4.69) is 26.5 Å². The van der Waals surface area contributed by atoms with E-state index in [1.807, 2.05) is 29.7 Å². The zero-order valence-electron chi connectivity index (χ0n) is 16.6. The van der Waals surface area contributed by atoms with E-state index in [0.717, 1.165) is 43.4 Å². The number of aromatic nitrogens is 2. The summed E-state index contributed by atoms with van der Waals surface area (Å²) in [4.78, 5) is 6.58. The molecule has 11 heteroatoms. The fourth-order valence-electron chi connectivity index (χ4n) is 3.68. The second kappa shape index (κ2) is 11.0. The molecule has 1 aromatic rings. The van der Waals surface area contributed by atoms with Crippen LogP contribution in [0.1, 0.15) is 12.0 Å². The van der Waals surface area contributed by atoms with E-state index in [9.17, 15) is 8.42 Å². The van der Waals surface area contributed by atoms with Gasteiger partial charge in [0.15, 0.2) is 5.96 Å². The Morgan fingerprint density at radius 3 is 2.75 bits per heavy atom. The van der Waals surface area contributed by atoms with E-state index in [4.69, 9.17) is 0 Å². The maximum absolute atomic E-state index is 12.4. The van der Waals surface area contributed by atoms with Crippen LogP contribution < -0.4 is 5.32 Å². The van der Waals surface area contributed by atoms with Crippen LogP contribution in [0.15, 0.2) is 17.4 Å². The van der Waals surface area contributed by atoms with Gasteiger partial charge in [-0.2, -0.15) is 16.9 Å². The van der Waals surface area contributed by atoms with Crippen molar-refractivity contribution >= 4 is 51.7 Å². The SMILES string of the molecule is CN=C(NCCS(=O)(=O)N1CCSCC1)N1CCC(Cc2cnn(C)c2)C1.I. The monoisotopic (exact) mass is 542 g/mol. The molecule has 0 amide bonds. The summed E-state index contributed by atoms with van der Waals surface area (Å²) in [5, 5.41) is 7.48. The number of likely N-dealkylation sites (tertiary alicyclic amines) is 1. The van der Waals surface area contributed by atoms with Gasteiger partial charge >= 0.3 is 0 Å². The topological polar surface area (TPSA) is 82.8 Å². The number of aryl methyl sites for hydroxylation is 1. The van der Waals surface area contributed by atoms with E-state index in [1.165, 1.54) is 5.56 Å². The summed E-state index contributed by atoms with van der Waals surface area (Å²) in [7, 11) is 0.509. The molecule has 0 saturated carbocycles. The van der Waals surface area contributed by atoms with Crippen LogP contribution in [-0.2, 0) is 23.5 Å². The number of halogens is 1. The number of rotatable bonds is 6. The first-order valence-corrected chi connectivity index (χ1v) is 12.2. The zero-order chi connectivity index (χ0) is 19.3. The van der Waals surface area contributed by atoms with Crippen LogP contribution in [0.5, 0.6) is 0 Å². The van der Waals surface area contributed by atoms with Crippen LogP contribution in [0.3, 0.4) is 0 Å². The Kier molecular flexibility index (Phi) is 9.35. The molecular formula is C17H31IN6O2S2. The molecule has 0 bridgehead atoms. The smallest absolute Gasteiger partial charge is 0.215 e. The molecule has 2 aliphatic heterocycles. The third kappa shape index (κ3) is 6.49. The van der Waals surface area contributed by atoms with Crippen LogP contribution in [0.4, 0.5) is 0 Å². The lowest BCUT2D eigenvalue weighted by molar-refractivity contribution is 0.441. The number of hydrogen-bond donors (Lipinski definition) is 1. The Morgan fingerprint density at radius 2 is 2.11 bits per heavy atom. The van der Waals surface area contributed by atoms with Gasteiger partial charge in [0.05, 0.1) is 11.9 Å². The van der Waals surface area contributed by atoms with E-state index in [0.29, 0.717) is 25.6 Å². The van der Waals surface area contributed by atoms with Crippen LogP contribution >= 0.6 is 35.7 Å². The Bertz CT molecular complexity index is 749. The first kappa shape index (κ1) is 23.7. The van der Waals surface area contributed by atoms with Crippen molar-refractivity contribution < 1.29 is 8.42 Å². The number of thioether (sulfide) groups is 1. The van der Waals surface area contributed by atoms with Gasteiger partial charge in [0.1, 0.15) is 0 Å². The van der Waals surface area contributed by atoms with Gasteiger partial charge in [-0.1, -0.05) is 0 Å². The number of hydrogen-bond acceptors (Lipinski definition) is 5. The van der Waals surface area contributed by atoms with Crippen molar-refractivity contribution in [2.75, 3.05) is 57.0 Å². The summed E-state index contributed by atoms with van der Waals surface area (Å²) >= 11 is 1.81. The molecule has 2 fully saturated rings. The Labute approximate surface area is 189 Å². The fourth-order valence-corrected chi connectivity index (χ4v) is 6.17. The first-order valence-electron chi connectivity index (χ1n) is 9.46. The molecule has 0 spiro atoms. The highest BCUT2D eigenvalue weighted by atomic mass is 127. The second-order valence-electron chi connectivity index (χ2n) is 7.13. The van der Waals surface area contributed by atoms with E-state index in [1.54, 1.807) is 11.4 Å². The average molecular weight is 543 g/mol. The number of guanidine groups is 1. The van der Waals surface area contributed by atoms with Crippen molar-refractivity contribution in [3.63, 3.8) is 0 Å². The summed E-state index contributed by atoms with van der Waals surface area (Å²) in [6.45, 7) is 3.53. The molecule has 28 heavy (non-hydrogen) atoms. The van der Waals surface area contributed by atoms with Crippen molar-refractivity contribution in [2.45, 2.75) is 12.8 Å². The van der Waals surface area contributed by atoms with Crippen molar-refractivity contribution in [1.82, 2.24) is 24.3 Å². The van der Waals surface area contributed by atoms with Gasteiger partial charge in [0, 0.05) is 64.5 Å². The molecule has 1 aromatic heterocycles. The number of aliphatic imine (C=N–C) groups is 1. The Hall–Kier alpha value is -0.530. The third-order valence-electron chi connectivity index (χ3n) is 5.09. The molecule has 3 heterocycles. The van der Waals surface area contributed by atoms with Gasteiger partial charge in [0.2, 0.25) is 10.0 Å². The largest absolute Gasteiger partial charge is 0.355 e. The third-order valence-corrected chi connectivity index (χ3v) is 7.90. The summed E-state index contributed by atoms with van der Waals surface area (Å²) in [6.07, 6.45) is 6.13. The molecule has 1 N–H and O–H groups in total. The van der Waals surface area contributed by atoms with Gasteiger partial charge in [-0.15, -0.1) is 24.0 Å². The van der Waals surface area contributed by atoms with Crippen molar-refractivity contribution in [1.29, 1.82) is 0 Å². The molecule has 0 aromatic carbocycles. The lowest BCUT2D eigenvalue weighted by atomic mass is 10.0. The molecule has 3 rings (SSSR count). The van der Waals surface area contributed by atoms with Gasteiger partial charge in [-0.25, -0.2) is 12.7 Å². The predicted octanol–water partition coefficient (Wildman–Crippen LogP) is 0.857. The van der Waals surface area contributed by atoms with Crippen molar-refractivity contribution in [3.05, 3.63) is 18.0 Å². The lowest BCUT2D eigenvalue weighted by Gasteiger charge is -2.26. The average Bonchev–Trinajstić information content (AvgIpc) is 3.29. The molecule has 160 valence electrons. The van der Waals surface area contributed by atoms with Crippen molar-refractivity contribution in [3.8, 4) is 0 Å². The normalized spacial score (nSPS) is 21.6. The van der Waals surface area contributed by atoms with Crippen LogP contribution in [0.2, 0.25) is 0 Å². The molecule has 8 nitrogen and oxygen atoms in total. The van der Waals surface area contributed by atoms with Gasteiger partial charge in [-0.05, 0) is 24.3 Å². The van der Waals surface area contributed by atoms with E-state index >= 15 is 0 Å². The van der Waals surface area contributed by atoms with E-state index in [-0.39, 0.29) is 29.7 Å². The minimum absolute atomic E-state index is 0. The van der Waals surface area contributed by atoms with Crippen LogP contribution in [0.25, 0.3) is 0 Å². The second-order valence-corrected chi connectivity index (χ2v) is 10.4. The highest BCUT2D eigenvalue weighted by molar-refractivity contribution is 14.0. The summed E-state index contributed by atoms with van der Waals surface area (Å²) in [6, 6.07) is 0. The molecule has 1 atom stereocenters. The Morgan fingerprint density at radius 1 is 1.36 bits per heavy atom. The predicted molar refractivity (Wildman–Crippen MR) is 126 cm³/mol. The van der Waals surface area contributed by atoms with Gasteiger partial charge in [0.25, 0.3) is 0 Å². The maximum atomic E-state index is 12.4. The molecule has 2 saturated heterocycles. The number of nitrogens with one attached hydrogen (secondary N) is 1. The van der Waals surface area contributed by atoms with Crippen molar-refractivity contribution in [2.24, 2.45) is 18.0 Å². The fraction of sp³-hybridized carbons (Fsp3) is 0.765. The van der Waals surface area contributed by atoms with Gasteiger partial charge in [-0.3, -0.25) is 9.67 Å². The Balaban J connectivity index is 0.00000280. The van der Waals surface area contributed by atoms with Crippen LogP contribution in [0, 0.1) is 5.92 Å². The summed E-state index contributed by atoms with van der Waals surface area (Å²) in [5.74, 6) is 3.26. The molecule has 0 aliphatic carbocycles.